The molecule has 1 aromatic heterocycles. The highest BCUT2D eigenvalue weighted by Crippen LogP contribution is 2.21. The van der Waals surface area contributed by atoms with Gasteiger partial charge < -0.3 is 20.2 Å². The molecule has 1 atom stereocenters. The molecule has 0 bridgehead atoms. The van der Waals surface area contributed by atoms with Crippen LogP contribution in [0, 0.1) is 5.92 Å². The zero-order valence-corrected chi connectivity index (χ0v) is 15.2. The number of carbonyl (C=O) groups excluding carboxylic acids is 1. The summed E-state index contributed by atoms with van der Waals surface area (Å²) in [7, 11) is 0. The highest BCUT2D eigenvalue weighted by Gasteiger charge is 2.25. The van der Waals surface area contributed by atoms with Gasteiger partial charge in [-0.25, -0.2) is 4.79 Å². The van der Waals surface area contributed by atoms with Gasteiger partial charge >= 0.3 is 6.03 Å². The Morgan fingerprint density at radius 1 is 1.24 bits per heavy atom. The Morgan fingerprint density at radius 3 is 2.64 bits per heavy atom. The molecule has 3 heterocycles. The van der Waals surface area contributed by atoms with Crippen LogP contribution in [0.25, 0.3) is 0 Å². The zero-order chi connectivity index (χ0) is 17.6. The summed E-state index contributed by atoms with van der Waals surface area (Å²) in [5, 5.41) is 17.0. The minimum absolute atomic E-state index is 0.0698. The SMILES string of the molecule is CC(O)C1CCN(C(=O)Nc2cnn(CCN3CCCCC3)c2)CC1. The van der Waals surface area contributed by atoms with E-state index in [1.165, 1.54) is 32.4 Å². The summed E-state index contributed by atoms with van der Waals surface area (Å²) < 4.78 is 1.91. The standard InChI is InChI=1S/C18H31N5O2/c1-15(24)16-5-9-22(10-6-16)18(25)20-17-13-19-23(14-17)12-11-21-7-3-2-4-8-21/h13-16,24H,2-12H2,1H3,(H,20,25). The van der Waals surface area contributed by atoms with E-state index in [2.05, 4.69) is 15.3 Å². The molecule has 7 heteroatoms. The first-order valence-corrected chi connectivity index (χ1v) is 9.60. The first-order valence-electron chi connectivity index (χ1n) is 9.60. The molecule has 2 aliphatic heterocycles. The molecule has 0 radical (unpaired) electrons. The van der Waals surface area contributed by atoms with Crippen LogP contribution in [0.1, 0.15) is 39.0 Å². The summed E-state index contributed by atoms with van der Waals surface area (Å²) >= 11 is 0. The lowest BCUT2D eigenvalue weighted by Crippen LogP contribution is -2.42. The number of anilines is 1. The van der Waals surface area contributed by atoms with Crippen molar-refractivity contribution in [3.05, 3.63) is 12.4 Å². The highest BCUT2D eigenvalue weighted by atomic mass is 16.3. The van der Waals surface area contributed by atoms with Crippen molar-refractivity contribution < 1.29 is 9.90 Å². The van der Waals surface area contributed by atoms with Crippen LogP contribution in [0.3, 0.4) is 0 Å². The summed E-state index contributed by atoms with van der Waals surface area (Å²) in [4.78, 5) is 16.7. The smallest absolute Gasteiger partial charge is 0.321 e. The molecule has 25 heavy (non-hydrogen) atoms. The molecule has 3 rings (SSSR count). The van der Waals surface area contributed by atoms with Gasteiger partial charge in [-0.1, -0.05) is 6.42 Å². The lowest BCUT2D eigenvalue weighted by atomic mass is 9.92. The van der Waals surface area contributed by atoms with E-state index in [4.69, 9.17) is 0 Å². The van der Waals surface area contributed by atoms with E-state index in [1.54, 1.807) is 6.20 Å². The fourth-order valence-corrected chi connectivity index (χ4v) is 3.76. The number of aliphatic hydroxyl groups is 1. The monoisotopic (exact) mass is 349 g/mol. The van der Waals surface area contributed by atoms with E-state index in [1.807, 2.05) is 22.7 Å². The fraction of sp³-hybridized carbons (Fsp3) is 0.778. The number of aliphatic hydroxyl groups excluding tert-OH is 1. The molecule has 0 spiro atoms. The second kappa shape index (κ2) is 8.67. The summed E-state index contributed by atoms with van der Waals surface area (Å²) in [6.45, 7) is 7.48. The summed E-state index contributed by atoms with van der Waals surface area (Å²) in [6.07, 6.45) is 9.01. The molecule has 2 fully saturated rings. The van der Waals surface area contributed by atoms with Gasteiger partial charge in [-0.3, -0.25) is 4.68 Å². The van der Waals surface area contributed by atoms with E-state index in [-0.39, 0.29) is 12.1 Å². The Bertz CT molecular complexity index is 545. The summed E-state index contributed by atoms with van der Waals surface area (Å²) in [5.41, 5.74) is 0.751. The first kappa shape index (κ1) is 18.2. The number of urea groups is 1. The second-order valence-electron chi connectivity index (χ2n) is 7.39. The molecule has 2 amide bonds. The Kier molecular flexibility index (Phi) is 6.31. The fourth-order valence-electron chi connectivity index (χ4n) is 3.76. The van der Waals surface area contributed by atoms with Crippen molar-refractivity contribution in [1.29, 1.82) is 0 Å². The van der Waals surface area contributed by atoms with Crippen LogP contribution in [0.15, 0.2) is 12.4 Å². The predicted octanol–water partition coefficient (Wildman–Crippen LogP) is 1.99. The largest absolute Gasteiger partial charge is 0.393 e. The first-order chi connectivity index (χ1) is 12.1. The molecule has 1 unspecified atom stereocenters. The maximum atomic E-state index is 12.4. The van der Waals surface area contributed by atoms with Crippen LogP contribution in [0.5, 0.6) is 0 Å². The quantitative estimate of drug-likeness (QED) is 0.853. The Labute approximate surface area is 150 Å². The van der Waals surface area contributed by atoms with E-state index >= 15 is 0 Å². The Balaban J connectivity index is 1.42. The van der Waals surface area contributed by atoms with E-state index in [0.29, 0.717) is 19.0 Å². The molecular weight excluding hydrogens is 318 g/mol. The van der Waals surface area contributed by atoms with Crippen molar-refractivity contribution in [1.82, 2.24) is 19.6 Å². The van der Waals surface area contributed by atoms with Gasteiger partial charge in [0, 0.05) is 25.8 Å². The average Bonchev–Trinajstić information content (AvgIpc) is 3.08. The number of likely N-dealkylation sites (tertiary alicyclic amines) is 2. The molecule has 2 saturated heterocycles. The number of aromatic nitrogens is 2. The second-order valence-corrected chi connectivity index (χ2v) is 7.39. The number of amides is 2. The molecule has 0 aliphatic carbocycles. The minimum atomic E-state index is -0.289. The number of carbonyl (C=O) groups is 1. The minimum Gasteiger partial charge on any atom is -0.393 e. The molecule has 2 N–H and O–H groups in total. The van der Waals surface area contributed by atoms with Gasteiger partial charge in [-0.15, -0.1) is 0 Å². The zero-order valence-electron chi connectivity index (χ0n) is 15.2. The van der Waals surface area contributed by atoms with Gasteiger partial charge in [0.2, 0.25) is 0 Å². The number of nitrogens with one attached hydrogen (secondary N) is 1. The van der Waals surface area contributed by atoms with Gasteiger partial charge in [0.05, 0.1) is 24.5 Å². The third kappa shape index (κ3) is 5.19. The number of hydrogen-bond donors (Lipinski definition) is 2. The molecule has 7 nitrogen and oxygen atoms in total. The van der Waals surface area contributed by atoms with Crippen molar-refractivity contribution in [2.75, 3.05) is 38.0 Å². The van der Waals surface area contributed by atoms with Gasteiger partial charge in [-0.2, -0.15) is 5.10 Å². The molecule has 0 aromatic carbocycles. The van der Waals surface area contributed by atoms with Crippen molar-refractivity contribution >= 4 is 11.7 Å². The van der Waals surface area contributed by atoms with E-state index in [9.17, 15) is 9.90 Å². The van der Waals surface area contributed by atoms with Crippen LogP contribution in [-0.4, -0.2) is 69.5 Å². The molecule has 0 saturated carbocycles. The van der Waals surface area contributed by atoms with Crippen LogP contribution < -0.4 is 5.32 Å². The number of rotatable bonds is 5. The normalized spacial score (nSPS) is 21.3. The molecular formula is C18H31N5O2. The maximum absolute atomic E-state index is 12.4. The maximum Gasteiger partial charge on any atom is 0.321 e. The predicted molar refractivity (Wildman–Crippen MR) is 97.5 cm³/mol. The topological polar surface area (TPSA) is 73.6 Å². The summed E-state index contributed by atoms with van der Waals surface area (Å²) in [6, 6.07) is -0.0698. The Hall–Kier alpha value is -1.60. The number of hydrogen-bond acceptors (Lipinski definition) is 4. The highest BCUT2D eigenvalue weighted by molar-refractivity contribution is 5.89. The third-order valence-corrected chi connectivity index (χ3v) is 5.49. The Morgan fingerprint density at radius 2 is 1.96 bits per heavy atom. The molecule has 1 aromatic rings. The van der Waals surface area contributed by atoms with Crippen molar-refractivity contribution in [3.8, 4) is 0 Å². The lowest BCUT2D eigenvalue weighted by Gasteiger charge is -2.33. The van der Waals surface area contributed by atoms with Crippen LogP contribution in [0.4, 0.5) is 10.5 Å². The van der Waals surface area contributed by atoms with Crippen LogP contribution in [-0.2, 0) is 6.54 Å². The molecule has 140 valence electrons. The van der Waals surface area contributed by atoms with Gasteiger partial charge in [0.15, 0.2) is 0 Å². The third-order valence-electron chi connectivity index (χ3n) is 5.49. The molecule has 2 aliphatic rings. The van der Waals surface area contributed by atoms with Gasteiger partial charge in [0.1, 0.15) is 0 Å². The van der Waals surface area contributed by atoms with E-state index < -0.39 is 0 Å². The van der Waals surface area contributed by atoms with Gasteiger partial charge in [0.25, 0.3) is 0 Å². The van der Waals surface area contributed by atoms with Crippen LogP contribution in [0.2, 0.25) is 0 Å². The lowest BCUT2D eigenvalue weighted by molar-refractivity contribution is 0.0820. The number of nitrogens with zero attached hydrogens (tertiary/aromatic N) is 4. The van der Waals surface area contributed by atoms with Crippen molar-refractivity contribution in [3.63, 3.8) is 0 Å². The van der Waals surface area contributed by atoms with Crippen molar-refractivity contribution in [2.24, 2.45) is 5.92 Å². The van der Waals surface area contributed by atoms with Gasteiger partial charge in [-0.05, 0) is 51.6 Å². The number of piperidine rings is 2. The summed E-state index contributed by atoms with van der Waals surface area (Å²) in [5.74, 6) is 0.307. The van der Waals surface area contributed by atoms with Crippen molar-refractivity contribution in [2.45, 2.75) is 51.7 Å². The van der Waals surface area contributed by atoms with E-state index in [0.717, 1.165) is 31.6 Å². The van der Waals surface area contributed by atoms with Crippen LogP contribution >= 0.6 is 0 Å². The average molecular weight is 349 g/mol.